The van der Waals surface area contributed by atoms with Crippen LogP contribution in [0.1, 0.15) is 12.8 Å². The summed E-state index contributed by atoms with van der Waals surface area (Å²) in [7, 11) is 1.65. The van der Waals surface area contributed by atoms with Crippen LogP contribution in [0.5, 0.6) is 11.5 Å². The zero-order valence-electron chi connectivity index (χ0n) is 10.8. The molecule has 1 aliphatic rings. The van der Waals surface area contributed by atoms with E-state index < -0.39 is 0 Å². The third-order valence-corrected chi connectivity index (χ3v) is 3.35. The van der Waals surface area contributed by atoms with Crippen molar-refractivity contribution in [1.82, 2.24) is 0 Å². The molecule has 4 heteroatoms. The van der Waals surface area contributed by atoms with Crippen molar-refractivity contribution in [3.8, 4) is 11.5 Å². The molecule has 2 N–H and O–H groups in total. The molecule has 1 aromatic carbocycles. The first-order valence-corrected chi connectivity index (χ1v) is 6.40. The van der Waals surface area contributed by atoms with E-state index in [0.29, 0.717) is 12.5 Å². The van der Waals surface area contributed by atoms with Crippen LogP contribution in [0, 0.1) is 5.92 Å². The fourth-order valence-electron chi connectivity index (χ4n) is 2.11. The van der Waals surface area contributed by atoms with Crippen molar-refractivity contribution in [3.63, 3.8) is 0 Å². The largest absolute Gasteiger partial charge is 0.497 e. The summed E-state index contributed by atoms with van der Waals surface area (Å²) in [5.41, 5.74) is 6.04. The van der Waals surface area contributed by atoms with Crippen LogP contribution in [-0.2, 0) is 4.74 Å². The van der Waals surface area contributed by atoms with Crippen LogP contribution in [0.25, 0.3) is 0 Å². The molecule has 1 heterocycles. The molecule has 1 fully saturated rings. The number of methoxy groups -OCH3 is 1. The van der Waals surface area contributed by atoms with E-state index in [1.165, 1.54) is 0 Å². The molecule has 0 aromatic heterocycles. The smallest absolute Gasteiger partial charge is 0.119 e. The van der Waals surface area contributed by atoms with Crippen molar-refractivity contribution in [2.24, 2.45) is 11.7 Å². The van der Waals surface area contributed by atoms with Crippen molar-refractivity contribution in [3.05, 3.63) is 24.3 Å². The Kier molecular flexibility index (Phi) is 4.84. The predicted octanol–water partition coefficient (Wildman–Crippen LogP) is 1.83. The van der Waals surface area contributed by atoms with Gasteiger partial charge in [0.05, 0.1) is 20.3 Å². The molecule has 0 amide bonds. The summed E-state index contributed by atoms with van der Waals surface area (Å²) in [5, 5.41) is 0. The van der Waals surface area contributed by atoms with Crippen molar-refractivity contribution in [2.45, 2.75) is 18.9 Å². The molecule has 0 saturated carbocycles. The maximum absolute atomic E-state index is 6.04. The third-order valence-electron chi connectivity index (χ3n) is 3.35. The number of benzene rings is 1. The van der Waals surface area contributed by atoms with Crippen LogP contribution >= 0.6 is 0 Å². The van der Waals surface area contributed by atoms with Crippen LogP contribution in [0.2, 0.25) is 0 Å². The molecule has 2 rings (SSSR count). The highest BCUT2D eigenvalue weighted by atomic mass is 16.5. The van der Waals surface area contributed by atoms with E-state index >= 15 is 0 Å². The normalized spacial score (nSPS) is 23.7. The highest BCUT2D eigenvalue weighted by Gasteiger charge is 2.22. The van der Waals surface area contributed by atoms with E-state index in [1.54, 1.807) is 7.11 Å². The van der Waals surface area contributed by atoms with Gasteiger partial charge in [-0.2, -0.15) is 0 Å². The Balaban J connectivity index is 1.73. The van der Waals surface area contributed by atoms with E-state index in [2.05, 4.69) is 0 Å². The van der Waals surface area contributed by atoms with Gasteiger partial charge in [-0.3, -0.25) is 0 Å². The first-order chi connectivity index (χ1) is 8.79. The molecule has 100 valence electrons. The lowest BCUT2D eigenvalue weighted by Crippen LogP contribution is -2.39. The zero-order valence-corrected chi connectivity index (χ0v) is 10.8. The SMILES string of the molecule is COc1ccc(OCCC2COCCC2N)cc1. The second-order valence-corrected chi connectivity index (χ2v) is 4.60. The lowest BCUT2D eigenvalue weighted by molar-refractivity contribution is 0.0335. The molecule has 1 aliphatic heterocycles. The van der Waals surface area contributed by atoms with Crippen LogP contribution in [0.15, 0.2) is 24.3 Å². The number of hydrogen-bond donors (Lipinski definition) is 1. The first kappa shape index (κ1) is 13.2. The molecule has 0 bridgehead atoms. The molecule has 18 heavy (non-hydrogen) atoms. The van der Waals surface area contributed by atoms with Crippen molar-refractivity contribution in [1.29, 1.82) is 0 Å². The van der Waals surface area contributed by atoms with Gasteiger partial charge >= 0.3 is 0 Å². The fraction of sp³-hybridized carbons (Fsp3) is 0.571. The van der Waals surface area contributed by atoms with Gasteiger partial charge in [-0.1, -0.05) is 0 Å². The van der Waals surface area contributed by atoms with Gasteiger partial charge in [0.15, 0.2) is 0 Å². The first-order valence-electron chi connectivity index (χ1n) is 6.40. The maximum atomic E-state index is 6.04. The lowest BCUT2D eigenvalue weighted by atomic mass is 9.94. The molecule has 4 nitrogen and oxygen atoms in total. The average molecular weight is 251 g/mol. The van der Waals surface area contributed by atoms with Crippen molar-refractivity contribution in [2.75, 3.05) is 26.9 Å². The standard InChI is InChI=1S/C14H21NO3/c1-16-12-2-4-13(5-3-12)18-9-6-11-10-17-8-7-14(11)15/h2-5,11,14H,6-10,15H2,1H3. The monoisotopic (exact) mass is 251 g/mol. The number of hydrogen-bond acceptors (Lipinski definition) is 4. The van der Waals surface area contributed by atoms with Gasteiger partial charge in [0.25, 0.3) is 0 Å². The van der Waals surface area contributed by atoms with Crippen molar-refractivity contribution >= 4 is 0 Å². The predicted molar refractivity (Wildman–Crippen MR) is 70.0 cm³/mol. The topological polar surface area (TPSA) is 53.7 Å². The lowest BCUT2D eigenvalue weighted by Gasteiger charge is -2.28. The van der Waals surface area contributed by atoms with E-state index in [0.717, 1.165) is 37.6 Å². The summed E-state index contributed by atoms with van der Waals surface area (Å²) in [4.78, 5) is 0. The minimum absolute atomic E-state index is 0.248. The van der Waals surface area contributed by atoms with E-state index in [-0.39, 0.29) is 6.04 Å². The third kappa shape index (κ3) is 3.62. The summed E-state index contributed by atoms with van der Waals surface area (Å²) in [6.45, 7) is 2.22. The van der Waals surface area contributed by atoms with Crippen LogP contribution in [0.3, 0.4) is 0 Å². The Bertz CT molecular complexity index is 353. The molecule has 0 radical (unpaired) electrons. The highest BCUT2D eigenvalue weighted by Crippen LogP contribution is 2.19. The van der Waals surface area contributed by atoms with Gasteiger partial charge in [0, 0.05) is 18.6 Å². The van der Waals surface area contributed by atoms with Gasteiger partial charge in [0.2, 0.25) is 0 Å². The van der Waals surface area contributed by atoms with E-state index in [1.807, 2.05) is 24.3 Å². The van der Waals surface area contributed by atoms with Gasteiger partial charge in [-0.15, -0.1) is 0 Å². The molecule has 0 spiro atoms. The van der Waals surface area contributed by atoms with E-state index in [9.17, 15) is 0 Å². The van der Waals surface area contributed by atoms with E-state index in [4.69, 9.17) is 19.9 Å². The Morgan fingerprint density at radius 1 is 1.28 bits per heavy atom. The zero-order chi connectivity index (χ0) is 12.8. The Morgan fingerprint density at radius 3 is 2.67 bits per heavy atom. The Hall–Kier alpha value is -1.26. The average Bonchev–Trinajstić information content (AvgIpc) is 2.42. The van der Waals surface area contributed by atoms with Crippen molar-refractivity contribution < 1.29 is 14.2 Å². The summed E-state index contributed by atoms with van der Waals surface area (Å²) in [6.07, 6.45) is 1.89. The molecular formula is C14H21NO3. The summed E-state index contributed by atoms with van der Waals surface area (Å²) < 4.78 is 16.2. The molecule has 1 aromatic rings. The molecule has 0 aliphatic carbocycles. The molecule has 2 atom stereocenters. The molecular weight excluding hydrogens is 230 g/mol. The van der Waals surface area contributed by atoms with Gasteiger partial charge in [-0.25, -0.2) is 0 Å². The minimum atomic E-state index is 0.248. The summed E-state index contributed by atoms with van der Waals surface area (Å²) in [5.74, 6) is 2.11. The Labute approximate surface area is 108 Å². The molecule has 1 saturated heterocycles. The number of rotatable bonds is 5. The van der Waals surface area contributed by atoms with Crippen LogP contribution < -0.4 is 15.2 Å². The minimum Gasteiger partial charge on any atom is -0.497 e. The molecule has 2 unspecified atom stereocenters. The van der Waals surface area contributed by atoms with Gasteiger partial charge < -0.3 is 19.9 Å². The number of nitrogens with two attached hydrogens (primary N) is 1. The summed E-state index contributed by atoms with van der Waals surface area (Å²) in [6, 6.07) is 7.86. The summed E-state index contributed by atoms with van der Waals surface area (Å²) >= 11 is 0. The van der Waals surface area contributed by atoms with Gasteiger partial charge in [0.1, 0.15) is 11.5 Å². The Morgan fingerprint density at radius 2 is 2.00 bits per heavy atom. The maximum Gasteiger partial charge on any atom is 0.119 e. The number of ether oxygens (including phenoxy) is 3. The van der Waals surface area contributed by atoms with Crippen LogP contribution in [0.4, 0.5) is 0 Å². The van der Waals surface area contributed by atoms with Crippen LogP contribution in [-0.4, -0.2) is 33.0 Å². The quantitative estimate of drug-likeness (QED) is 0.867. The fourth-order valence-corrected chi connectivity index (χ4v) is 2.11. The highest BCUT2D eigenvalue weighted by molar-refractivity contribution is 5.31. The second kappa shape index (κ2) is 6.61. The second-order valence-electron chi connectivity index (χ2n) is 4.60. The van der Waals surface area contributed by atoms with Gasteiger partial charge in [-0.05, 0) is 37.1 Å².